The Morgan fingerprint density at radius 1 is 1.25 bits per heavy atom. The van der Waals surface area contributed by atoms with Crippen molar-refractivity contribution in [1.82, 2.24) is 14.8 Å². The van der Waals surface area contributed by atoms with E-state index in [4.69, 9.17) is 5.73 Å². The number of hydrogen-bond acceptors (Lipinski definition) is 4. The average molecular weight is 463 g/mol. The maximum Gasteiger partial charge on any atom is 0.310 e. The Balaban J connectivity index is 1.96. The van der Waals surface area contributed by atoms with E-state index in [1.165, 1.54) is 19.2 Å². The van der Waals surface area contributed by atoms with Crippen LogP contribution in [0.1, 0.15) is 52.0 Å². The lowest BCUT2D eigenvalue weighted by molar-refractivity contribution is -0.185. The maximum atomic E-state index is 14.0. The molecule has 2 amide bonds. The lowest BCUT2D eigenvalue weighted by Gasteiger charge is -2.16. The van der Waals surface area contributed by atoms with E-state index >= 15 is 0 Å². The number of alkyl halides is 6. The Morgan fingerprint density at radius 2 is 1.84 bits per heavy atom. The number of nitrogens with zero attached hydrogens (tertiary/aromatic N) is 3. The largest absolute Gasteiger partial charge is 0.364 e. The van der Waals surface area contributed by atoms with Crippen molar-refractivity contribution < 1.29 is 35.9 Å². The highest BCUT2D eigenvalue weighted by Gasteiger charge is 2.63. The first-order chi connectivity index (χ1) is 14.6. The molecule has 2 heterocycles. The molecule has 174 valence electrons. The quantitative estimate of drug-likeness (QED) is 0.638. The average Bonchev–Trinajstić information content (AvgIpc) is 3.07. The molecule has 0 radical (unpaired) electrons. The van der Waals surface area contributed by atoms with Crippen LogP contribution in [0.5, 0.6) is 0 Å². The molecule has 0 aromatic carbocycles. The van der Waals surface area contributed by atoms with Crippen LogP contribution in [0, 0.1) is 12.8 Å². The normalized spacial score (nSPS) is 18.0. The van der Waals surface area contributed by atoms with Gasteiger partial charge >= 0.3 is 11.8 Å². The van der Waals surface area contributed by atoms with Gasteiger partial charge in [-0.3, -0.25) is 19.3 Å². The molecular formula is C19H19F6N5O2. The van der Waals surface area contributed by atoms with Crippen molar-refractivity contribution >= 4 is 17.5 Å². The van der Waals surface area contributed by atoms with Crippen LogP contribution >= 0.6 is 0 Å². The summed E-state index contributed by atoms with van der Waals surface area (Å²) >= 11 is 0. The SMILES string of the molecule is Cc1c(C(C)(F)F)nn(CC2CC(F)(F)C(F)(F)C2)c1C(=O)Nc1ccnc(C(N)=O)c1. The van der Waals surface area contributed by atoms with Crippen molar-refractivity contribution in [2.75, 3.05) is 5.32 Å². The molecule has 0 saturated heterocycles. The van der Waals surface area contributed by atoms with Gasteiger partial charge in [0.05, 0.1) is 0 Å². The van der Waals surface area contributed by atoms with Crippen LogP contribution in [0.25, 0.3) is 0 Å². The molecule has 0 atom stereocenters. The number of nitrogens with one attached hydrogen (secondary N) is 1. The lowest BCUT2D eigenvalue weighted by Crippen LogP contribution is -2.33. The number of halogens is 6. The second kappa shape index (κ2) is 7.78. The molecule has 32 heavy (non-hydrogen) atoms. The van der Waals surface area contributed by atoms with Crippen molar-refractivity contribution in [1.29, 1.82) is 0 Å². The molecule has 1 aliphatic rings. The molecule has 1 aliphatic carbocycles. The molecule has 13 heteroatoms. The third kappa shape index (κ3) is 4.41. The van der Waals surface area contributed by atoms with Gasteiger partial charge in [0.15, 0.2) is 0 Å². The zero-order valence-electron chi connectivity index (χ0n) is 16.9. The van der Waals surface area contributed by atoms with Gasteiger partial charge in [-0.1, -0.05) is 0 Å². The highest BCUT2D eigenvalue weighted by molar-refractivity contribution is 6.04. The second-order valence-electron chi connectivity index (χ2n) is 7.82. The van der Waals surface area contributed by atoms with Gasteiger partial charge in [0.1, 0.15) is 17.1 Å². The van der Waals surface area contributed by atoms with Gasteiger partial charge in [-0.25, -0.2) is 0 Å². The third-order valence-electron chi connectivity index (χ3n) is 5.15. The number of aromatic nitrogens is 3. The van der Waals surface area contributed by atoms with E-state index < -0.39 is 66.3 Å². The zero-order valence-corrected chi connectivity index (χ0v) is 16.9. The molecule has 1 fully saturated rings. The molecule has 0 unspecified atom stereocenters. The molecule has 3 rings (SSSR count). The first kappa shape index (κ1) is 23.5. The van der Waals surface area contributed by atoms with Crippen LogP contribution in [0.2, 0.25) is 0 Å². The molecule has 0 aliphatic heterocycles. The van der Waals surface area contributed by atoms with Gasteiger partial charge in [-0.15, -0.1) is 0 Å². The summed E-state index contributed by atoms with van der Waals surface area (Å²) in [7, 11) is 0. The van der Waals surface area contributed by atoms with E-state index in [-0.39, 0.29) is 16.9 Å². The minimum Gasteiger partial charge on any atom is -0.364 e. The highest BCUT2D eigenvalue weighted by atomic mass is 19.3. The van der Waals surface area contributed by atoms with Crippen LogP contribution in [0.3, 0.4) is 0 Å². The van der Waals surface area contributed by atoms with Gasteiger partial charge in [-0.2, -0.15) is 31.4 Å². The Morgan fingerprint density at radius 3 is 2.38 bits per heavy atom. The standard InChI is InChI=1S/C19H19F6N5O2/c1-9-13(16(32)28-11-3-4-27-12(5-11)15(26)31)30(29-14(9)17(2,20)21)8-10-6-18(22,23)19(24,25)7-10/h3-5,10H,6-8H2,1-2H3,(H2,26,31)(H,27,28,32). The van der Waals surface area contributed by atoms with Crippen LogP contribution in [-0.4, -0.2) is 38.4 Å². The highest BCUT2D eigenvalue weighted by Crippen LogP contribution is 2.51. The van der Waals surface area contributed by atoms with E-state index in [1.54, 1.807) is 0 Å². The molecular weight excluding hydrogens is 444 g/mol. The number of rotatable bonds is 6. The van der Waals surface area contributed by atoms with Crippen LogP contribution in [-0.2, 0) is 12.5 Å². The molecule has 7 nitrogen and oxygen atoms in total. The monoisotopic (exact) mass is 463 g/mol. The zero-order chi connectivity index (χ0) is 24.1. The summed E-state index contributed by atoms with van der Waals surface area (Å²) in [4.78, 5) is 27.8. The van der Waals surface area contributed by atoms with E-state index in [1.807, 2.05) is 0 Å². The Bertz CT molecular complexity index is 1050. The minimum atomic E-state index is -4.25. The fourth-order valence-electron chi connectivity index (χ4n) is 3.69. The molecule has 0 bridgehead atoms. The number of primary amides is 1. The Hall–Kier alpha value is -3.12. The summed E-state index contributed by atoms with van der Waals surface area (Å²) in [6.45, 7) is 1.13. The van der Waals surface area contributed by atoms with E-state index in [9.17, 15) is 35.9 Å². The predicted octanol–water partition coefficient (Wildman–Crippen LogP) is 3.73. The van der Waals surface area contributed by atoms with Gasteiger partial charge < -0.3 is 11.1 Å². The Kier molecular flexibility index (Phi) is 5.72. The van der Waals surface area contributed by atoms with Gasteiger partial charge in [0, 0.05) is 43.8 Å². The van der Waals surface area contributed by atoms with Crippen LogP contribution in [0.15, 0.2) is 18.3 Å². The fraction of sp³-hybridized carbons (Fsp3) is 0.474. The summed E-state index contributed by atoms with van der Waals surface area (Å²) in [5, 5.41) is 6.05. The van der Waals surface area contributed by atoms with E-state index in [2.05, 4.69) is 15.4 Å². The Labute approximate surface area is 178 Å². The number of carbonyl (C=O) groups is 2. The van der Waals surface area contributed by atoms with Crippen molar-refractivity contribution in [2.24, 2.45) is 11.7 Å². The number of carbonyl (C=O) groups excluding carboxylic acids is 2. The number of nitrogens with two attached hydrogens (primary N) is 1. The van der Waals surface area contributed by atoms with Crippen molar-refractivity contribution in [3.8, 4) is 0 Å². The first-order valence-corrected chi connectivity index (χ1v) is 9.41. The van der Waals surface area contributed by atoms with Crippen LogP contribution in [0.4, 0.5) is 32.0 Å². The summed E-state index contributed by atoms with van der Waals surface area (Å²) in [6.07, 6.45) is -1.18. The predicted molar refractivity (Wildman–Crippen MR) is 99.9 cm³/mol. The third-order valence-corrected chi connectivity index (χ3v) is 5.15. The summed E-state index contributed by atoms with van der Waals surface area (Å²) in [5.41, 5.74) is 3.57. The van der Waals surface area contributed by atoms with E-state index in [0.29, 0.717) is 6.92 Å². The minimum absolute atomic E-state index is 0.0506. The molecule has 2 aromatic rings. The second-order valence-corrected chi connectivity index (χ2v) is 7.82. The van der Waals surface area contributed by atoms with Gasteiger partial charge in [0.25, 0.3) is 17.7 Å². The molecule has 3 N–H and O–H groups in total. The smallest absolute Gasteiger partial charge is 0.310 e. The van der Waals surface area contributed by atoms with E-state index in [0.717, 1.165) is 10.7 Å². The molecule has 1 saturated carbocycles. The number of amides is 2. The van der Waals surface area contributed by atoms with Gasteiger partial charge in [-0.05, 0) is 25.0 Å². The fourth-order valence-corrected chi connectivity index (χ4v) is 3.69. The van der Waals surface area contributed by atoms with Gasteiger partial charge in [0.2, 0.25) is 0 Å². The molecule has 2 aromatic heterocycles. The first-order valence-electron chi connectivity index (χ1n) is 9.41. The lowest BCUT2D eigenvalue weighted by atomic mass is 10.1. The summed E-state index contributed by atoms with van der Waals surface area (Å²) in [6, 6.07) is 2.44. The number of hydrogen-bond donors (Lipinski definition) is 2. The summed E-state index contributed by atoms with van der Waals surface area (Å²) in [5.74, 6) is -15.1. The van der Waals surface area contributed by atoms with Crippen molar-refractivity contribution in [3.63, 3.8) is 0 Å². The van der Waals surface area contributed by atoms with Crippen molar-refractivity contribution in [2.45, 2.75) is 51.0 Å². The number of anilines is 1. The molecule has 0 spiro atoms. The number of pyridine rings is 1. The summed E-state index contributed by atoms with van der Waals surface area (Å²) < 4.78 is 83.0. The van der Waals surface area contributed by atoms with Crippen molar-refractivity contribution in [3.05, 3.63) is 41.0 Å². The van der Waals surface area contributed by atoms with Crippen LogP contribution < -0.4 is 11.1 Å². The topological polar surface area (TPSA) is 103 Å². The maximum absolute atomic E-state index is 14.0.